The number of benzene rings is 2. The highest BCUT2D eigenvalue weighted by Gasteiger charge is 2.37. The lowest BCUT2D eigenvalue weighted by molar-refractivity contribution is 0.0926. The van der Waals surface area contributed by atoms with E-state index in [-0.39, 0.29) is 17.7 Å². The fourth-order valence-corrected chi connectivity index (χ4v) is 3.02. The molecule has 1 atom stereocenters. The van der Waals surface area contributed by atoms with Crippen molar-refractivity contribution in [2.45, 2.75) is 13.0 Å². The normalized spacial score (nSPS) is 14.6. The molecule has 3 rings (SSSR count). The van der Waals surface area contributed by atoms with E-state index >= 15 is 0 Å². The highest BCUT2D eigenvalue weighted by Crippen LogP contribution is 2.33. The third kappa shape index (κ3) is 3.35. The largest absolute Gasteiger partial charge is 0.390 e. The van der Waals surface area contributed by atoms with E-state index in [1.807, 2.05) is 13.0 Å². The summed E-state index contributed by atoms with van der Waals surface area (Å²) in [5.41, 5.74) is 2.70. The van der Waals surface area contributed by atoms with Crippen molar-refractivity contribution in [2.75, 3.05) is 22.6 Å². The van der Waals surface area contributed by atoms with Gasteiger partial charge in [-0.15, -0.1) is 11.6 Å². The van der Waals surface area contributed by atoms with Gasteiger partial charge in [0.2, 0.25) is 0 Å². The maximum atomic E-state index is 12.6. The van der Waals surface area contributed by atoms with Crippen LogP contribution < -0.4 is 10.2 Å². The number of carbonyl (C=O) groups is 2. The first-order valence-corrected chi connectivity index (χ1v) is 8.60. The lowest BCUT2D eigenvalue weighted by Crippen LogP contribution is -2.30. The van der Waals surface area contributed by atoms with E-state index in [1.54, 1.807) is 24.3 Å². The molecule has 130 valence electrons. The van der Waals surface area contributed by atoms with Crippen LogP contribution in [-0.4, -0.2) is 35.4 Å². The zero-order valence-electron chi connectivity index (χ0n) is 13.4. The summed E-state index contributed by atoms with van der Waals surface area (Å²) in [6.07, 6.45) is -0.650. The van der Waals surface area contributed by atoms with Gasteiger partial charge in [-0.1, -0.05) is 11.6 Å². The zero-order valence-corrected chi connectivity index (χ0v) is 14.9. The number of carbonyl (C=O) groups excluding carboxylic acids is 2. The molecule has 0 spiro atoms. The summed E-state index contributed by atoms with van der Waals surface area (Å²) in [6, 6.07) is 9.93. The molecular weight excluding hydrogens is 363 g/mol. The number of nitrogens with zero attached hydrogens (tertiary/aromatic N) is 1. The van der Waals surface area contributed by atoms with Gasteiger partial charge >= 0.3 is 0 Å². The molecule has 1 aliphatic rings. The lowest BCUT2D eigenvalue weighted by Gasteiger charge is -2.18. The molecular formula is C18H16Cl2N2O3. The van der Waals surface area contributed by atoms with Gasteiger partial charge in [-0.2, -0.15) is 0 Å². The quantitative estimate of drug-likeness (QED) is 0.617. The number of alkyl halides is 1. The van der Waals surface area contributed by atoms with Crippen LogP contribution in [0.2, 0.25) is 5.02 Å². The van der Waals surface area contributed by atoms with E-state index in [2.05, 4.69) is 5.32 Å². The molecule has 2 aromatic rings. The van der Waals surface area contributed by atoms with E-state index in [0.29, 0.717) is 28.4 Å². The Hall–Kier alpha value is -2.08. The molecule has 25 heavy (non-hydrogen) atoms. The molecule has 1 aliphatic heterocycles. The van der Waals surface area contributed by atoms with Crippen molar-refractivity contribution in [1.29, 1.82) is 0 Å². The first-order chi connectivity index (χ1) is 11.9. The first-order valence-electron chi connectivity index (χ1n) is 7.69. The summed E-state index contributed by atoms with van der Waals surface area (Å²) < 4.78 is 0. The highest BCUT2D eigenvalue weighted by atomic mass is 35.5. The predicted octanol–water partition coefficient (Wildman–Crippen LogP) is 3.46. The van der Waals surface area contributed by atoms with Crippen LogP contribution in [0.1, 0.15) is 26.3 Å². The Balaban J connectivity index is 1.88. The molecule has 0 radical (unpaired) electrons. The number of imide groups is 1. The van der Waals surface area contributed by atoms with Crippen molar-refractivity contribution < 1.29 is 14.7 Å². The Morgan fingerprint density at radius 3 is 2.52 bits per heavy atom. The molecule has 5 nitrogen and oxygen atoms in total. The maximum absolute atomic E-state index is 12.6. The van der Waals surface area contributed by atoms with E-state index in [0.717, 1.165) is 16.2 Å². The summed E-state index contributed by atoms with van der Waals surface area (Å²) in [7, 11) is 0. The average molecular weight is 379 g/mol. The number of anilines is 2. The van der Waals surface area contributed by atoms with Crippen molar-refractivity contribution in [1.82, 2.24) is 0 Å². The fraction of sp³-hybridized carbons (Fsp3) is 0.222. The van der Waals surface area contributed by atoms with Gasteiger partial charge < -0.3 is 10.4 Å². The lowest BCUT2D eigenvalue weighted by atomic mass is 10.1. The molecule has 0 saturated heterocycles. The first kappa shape index (κ1) is 17.7. The zero-order chi connectivity index (χ0) is 18.1. The molecule has 1 unspecified atom stereocenters. The van der Waals surface area contributed by atoms with Crippen molar-refractivity contribution in [3.8, 4) is 0 Å². The number of fused-ring (bicyclic) bond motifs is 1. The minimum absolute atomic E-state index is 0.141. The van der Waals surface area contributed by atoms with Gasteiger partial charge in [-0.25, -0.2) is 4.90 Å². The molecule has 0 saturated carbocycles. The summed E-state index contributed by atoms with van der Waals surface area (Å²) in [5, 5.41) is 13.0. The number of rotatable bonds is 5. The van der Waals surface area contributed by atoms with Crippen molar-refractivity contribution in [3.05, 3.63) is 58.1 Å². The van der Waals surface area contributed by atoms with E-state index in [1.165, 1.54) is 6.07 Å². The Morgan fingerprint density at radius 1 is 1.12 bits per heavy atom. The second-order valence-electron chi connectivity index (χ2n) is 5.83. The van der Waals surface area contributed by atoms with E-state index < -0.39 is 6.10 Å². The van der Waals surface area contributed by atoms with Crippen LogP contribution in [-0.2, 0) is 0 Å². The molecule has 0 aliphatic carbocycles. The Kier molecular flexibility index (Phi) is 4.99. The third-order valence-corrected chi connectivity index (χ3v) is 4.60. The second-order valence-corrected chi connectivity index (χ2v) is 6.57. The molecule has 0 fully saturated rings. The fourth-order valence-electron chi connectivity index (χ4n) is 2.74. The number of amides is 2. The van der Waals surface area contributed by atoms with Crippen LogP contribution in [0.15, 0.2) is 36.4 Å². The maximum Gasteiger partial charge on any atom is 0.266 e. The molecule has 2 aromatic carbocycles. The van der Waals surface area contributed by atoms with Crippen LogP contribution in [0, 0.1) is 6.92 Å². The summed E-state index contributed by atoms with van der Waals surface area (Å²) >= 11 is 11.5. The smallest absolute Gasteiger partial charge is 0.266 e. The van der Waals surface area contributed by atoms with E-state index in [4.69, 9.17) is 23.2 Å². The SMILES string of the molecule is Cc1cc(NCC(O)CCl)ccc1N1C(=O)c2ccc(Cl)cc2C1=O. The number of halogens is 2. The second kappa shape index (κ2) is 7.04. The summed E-state index contributed by atoms with van der Waals surface area (Å²) in [5.74, 6) is -0.608. The third-order valence-electron chi connectivity index (χ3n) is 4.01. The Morgan fingerprint density at radius 2 is 1.84 bits per heavy atom. The number of hydrogen-bond donors (Lipinski definition) is 2. The Labute approximate surface area is 155 Å². The summed E-state index contributed by atoms with van der Waals surface area (Å²) in [4.78, 5) is 26.4. The standard InChI is InChI=1S/C18H16Cl2N2O3/c1-10-6-12(21-9-13(23)8-19)3-5-16(10)22-17(24)14-4-2-11(20)7-15(14)18(22)25/h2-7,13,21,23H,8-9H2,1H3. The van der Waals surface area contributed by atoms with Crippen LogP contribution in [0.25, 0.3) is 0 Å². The molecule has 0 bridgehead atoms. The highest BCUT2D eigenvalue weighted by molar-refractivity contribution is 6.36. The van der Waals surface area contributed by atoms with Crippen LogP contribution >= 0.6 is 23.2 Å². The van der Waals surface area contributed by atoms with Gasteiger partial charge in [0.05, 0.1) is 28.8 Å². The minimum atomic E-state index is -0.650. The van der Waals surface area contributed by atoms with Gasteiger partial charge in [0.1, 0.15) is 0 Å². The average Bonchev–Trinajstić information content (AvgIpc) is 2.83. The predicted molar refractivity (Wildman–Crippen MR) is 99.0 cm³/mol. The van der Waals surface area contributed by atoms with Crippen LogP contribution in [0.4, 0.5) is 11.4 Å². The van der Waals surface area contributed by atoms with Crippen molar-refractivity contribution >= 4 is 46.4 Å². The topological polar surface area (TPSA) is 69.6 Å². The van der Waals surface area contributed by atoms with Gasteiger partial charge in [0, 0.05) is 17.3 Å². The van der Waals surface area contributed by atoms with Gasteiger partial charge in [-0.3, -0.25) is 9.59 Å². The number of aryl methyl sites for hydroxylation is 1. The van der Waals surface area contributed by atoms with Gasteiger partial charge in [0.25, 0.3) is 11.8 Å². The number of aliphatic hydroxyl groups excluding tert-OH is 1. The Bertz CT molecular complexity index is 854. The number of hydrogen-bond acceptors (Lipinski definition) is 4. The van der Waals surface area contributed by atoms with Crippen LogP contribution in [0.5, 0.6) is 0 Å². The molecule has 0 aromatic heterocycles. The molecule has 7 heteroatoms. The molecule has 2 amide bonds. The minimum Gasteiger partial charge on any atom is -0.390 e. The summed E-state index contributed by atoms with van der Waals surface area (Å²) in [6.45, 7) is 2.13. The molecule has 2 N–H and O–H groups in total. The molecule has 1 heterocycles. The van der Waals surface area contributed by atoms with Gasteiger partial charge in [-0.05, 0) is 48.9 Å². The monoisotopic (exact) mass is 378 g/mol. The van der Waals surface area contributed by atoms with Crippen molar-refractivity contribution in [2.24, 2.45) is 0 Å². The number of aliphatic hydroxyl groups is 1. The van der Waals surface area contributed by atoms with Crippen LogP contribution in [0.3, 0.4) is 0 Å². The van der Waals surface area contributed by atoms with E-state index in [9.17, 15) is 14.7 Å². The number of nitrogens with one attached hydrogen (secondary N) is 1. The van der Waals surface area contributed by atoms with Gasteiger partial charge in [0.15, 0.2) is 0 Å². The van der Waals surface area contributed by atoms with Crippen molar-refractivity contribution in [3.63, 3.8) is 0 Å².